The summed E-state index contributed by atoms with van der Waals surface area (Å²) < 4.78 is 12.4. The summed E-state index contributed by atoms with van der Waals surface area (Å²) in [6, 6.07) is 4.28. The molecule has 1 aromatic carbocycles. The maximum Gasteiger partial charge on any atom is 0.246 e. The number of amides is 1. The number of rotatable bonds is 0. The molecule has 6 heterocycles. The van der Waals surface area contributed by atoms with Gasteiger partial charge in [-0.2, -0.15) is 0 Å². The Morgan fingerprint density at radius 3 is 2.71 bits per heavy atom. The molecule has 7 aliphatic rings. The monoisotopic (exact) mass is 479 g/mol. The van der Waals surface area contributed by atoms with E-state index in [1.807, 2.05) is 38.8 Å². The van der Waals surface area contributed by atoms with E-state index in [4.69, 9.17) is 9.47 Å². The van der Waals surface area contributed by atoms with E-state index in [1.54, 1.807) is 6.26 Å². The van der Waals surface area contributed by atoms with Crippen LogP contribution in [0.15, 0.2) is 24.5 Å². The van der Waals surface area contributed by atoms with Crippen molar-refractivity contribution < 1.29 is 19.4 Å². The van der Waals surface area contributed by atoms with Gasteiger partial charge in [-0.15, -0.1) is 0 Å². The number of hydrogen-bond donors (Lipinski definition) is 2. The minimum Gasteiger partial charge on any atom is -0.480 e. The second kappa shape index (κ2) is 6.00. The van der Waals surface area contributed by atoms with Gasteiger partial charge in [-0.25, -0.2) is 0 Å². The number of fused-ring (bicyclic) bond motifs is 5. The highest BCUT2D eigenvalue weighted by Gasteiger charge is 2.80. The van der Waals surface area contributed by atoms with Gasteiger partial charge in [0.05, 0.1) is 23.1 Å². The summed E-state index contributed by atoms with van der Waals surface area (Å²) in [7, 11) is 1.99. The second-order valence-corrected chi connectivity index (χ2v) is 13.3. The third-order valence-corrected chi connectivity index (χ3v) is 11.2. The molecule has 5 atom stereocenters. The number of piperidine rings is 2. The van der Waals surface area contributed by atoms with Gasteiger partial charge in [0.2, 0.25) is 5.91 Å². The van der Waals surface area contributed by atoms with Crippen LogP contribution < -0.4 is 14.8 Å². The minimum atomic E-state index is -1.01. The van der Waals surface area contributed by atoms with Crippen LogP contribution >= 0.6 is 0 Å². The molecule has 1 amide bonds. The molecule has 1 aromatic rings. The van der Waals surface area contributed by atoms with Gasteiger partial charge >= 0.3 is 0 Å². The van der Waals surface area contributed by atoms with Gasteiger partial charge < -0.3 is 24.8 Å². The molecule has 3 spiro atoms. The van der Waals surface area contributed by atoms with Gasteiger partial charge in [-0.05, 0) is 69.1 Å². The average molecular weight is 480 g/mol. The summed E-state index contributed by atoms with van der Waals surface area (Å²) >= 11 is 0. The molecule has 1 saturated carbocycles. The van der Waals surface area contributed by atoms with Crippen molar-refractivity contribution >= 4 is 11.6 Å². The quantitative estimate of drug-likeness (QED) is 0.595. The van der Waals surface area contributed by atoms with Crippen molar-refractivity contribution in [1.29, 1.82) is 0 Å². The van der Waals surface area contributed by atoms with Crippen LogP contribution in [0.5, 0.6) is 11.5 Å². The number of benzene rings is 1. The zero-order chi connectivity index (χ0) is 24.8. The normalized spacial score (nSPS) is 43.7. The summed E-state index contributed by atoms with van der Waals surface area (Å²) in [5.74, 6) is 1.88. The Hall–Kier alpha value is -2.25. The molecular weight excluding hydrogens is 442 g/mol. The lowest BCUT2D eigenvalue weighted by Gasteiger charge is -2.65. The molecule has 8 rings (SSSR count). The highest BCUT2D eigenvalue weighted by atomic mass is 16.5. The van der Waals surface area contributed by atoms with Crippen molar-refractivity contribution in [1.82, 2.24) is 9.80 Å². The summed E-state index contributed by atoms with van der Waals surface area (Å²) in [6.07, 6.45) is 5.94. The van der Waals surface area contributed by atoms with E-state index >= 15 is 0 Å². The van der Waals surface area contributed by atoms with Gasteiger partial charge in [0.1, 0.15) is 11.1 Å². The number of likely N-dealkylation sites (N-methyl/N-ethyl adjacent to an activating group) is 1. The molecule has 2 bridgehead atoms. The third kappa shape index (κ3) is 2.21. The van der Waals surface area contributed by atoms with Crippen LogP contribution in [0.1, 0.15) is 59.4 Å². The maximum atomic E-state index is 14.0. The molecular formula is C28H37N3O4. The van der Waals surface area contributed by atoms with E-state index in [-0.39, 0.29) is 28.2 Å². The van der Waals surface area contributed by atoms with Crippen molar-refractivity contribution in [3.8, 4) is 11.5 Å². The van der Waals surface area contributed by atoms with Gasteiger partial charge in [0, 0.05) is 32.1 Å². The Bertz CT molecular complexity index is 1200. The molecule has 5 fully saturated rings. The summed E-state index contributed by atoms with van der Waals surface area (Å²) in [4.78, 5) is 18.3. The molecule has 188 valence electrons. The topological polar surface area (TPSA) is 74.3 Å². The smallest absolute Gasteiger partial charge is 0.246 e. The molecule has 35 heavy (non-hydrogen) atoms. The lowest BCUT2D eigenvalue weighted by Crippen LogP contribution is -2.82. The molecule has 5 unspecified atom stereocenters. The van der Waals surface area contributed by atoms with Gasteiger partial charge in [-0.1, -0.05) is 19.9 Å². The Balaban J connectivity index is 1.38. The predicted octanol–water partition coefficient (Wildman–Crippen LogP) is 3.27. The van der Waals surface area contributed by atoms with E-state index in [9.17, 15) is 9.90 Å². The Labute approximate surface area is 207 Å². The number of nitrogens with one attached hydrogen (secondary N) is 1. The van der Waals surface area contributed by atoms with Crippen molar-refractivity contribution in [2.75, 3.05) is 32.0 Å². The van der Waals surface area contributed by atoms with Crippen LogP contribution in [0.3, 0.4) is 0 Å². The zero-order valence-corrected chi connectivity index (χ0v) is 21.7. The van der Waals surface area contributed by atoms with Gasteiger partial charge in [0.25, 0.3) is 0 Å². The standard InChI is InChI=1S/C28H37N3O4/c1-23(2)10-12-34-21-18(35-23)8-7-17-20(21)29-15-26(17)14-27-16-31-11-9-25(5,33)28(31,22(32)30(27)6)13-19(27)24(26,3)4/h7-8,10,12,19,29,33H,9,11,13-16H2,1-6H3. The summed E-state index contributed by atoms with van der Waals surface area (Å²) in [6.45, 7) is 13.1. The van der Waals surface area contributed by atoms with E-state index in [0.717, 1.165) is 43.2 Å². The van der Waals surface area contributed by atoms with E-state index in [1.165, 1.54) is 5.56 Å². The van der Waals surface area contributed by atoms with Crippen LogP contribution in [0.25, 0.3) is 0 Å². The molecule has 1 aliphatic carbocycles. The number of carbonyl (C=O) groups is 1. The van der Waals surface area contributed by atoms with Crippen molar-refractivity contribution in [3.05, 3.63) is 30.0 Å². The summed E-state index contributed by atoms with van der Waals surface area (Å²) in [5.41, 5.74) is -0.511. The van der Waals surface area contributed by atoms with Gasteiger partial charge in [-0.3, -0.25) is 9.69 Å². The molecule has 0 radical (unpaired) electrons. The maximum absolute atomic E-state index is 14.0. The molecule has 0 aromatic heterocycles. The van der Waals surface area contributed by atoms with Crippen LogP contribution in [0, 0.1) is 11.3 Å². The molecule has 7 nitrogen and oxygen atoms in total. The lowest BCUT2D eigenvalue weighted by atomic mass is 9.55. The first-order chi connectivity index (χ1) is 16.3. The first-order valence-corrected chi connectivity index (χ1v) is 13.0. The van der Waals surface area contributed by atoms with E-state index in [2.05, 4.69) is 36.2 Å². The number of hydrogen-bond acceptors (Lipinski definition) is 6. The fraction of sp³-hybridized carbons (Fsp3) is 0.679. The van der Waals surface area contributed by atoms with Crippen LogP contribution in [0.4, 0.5) is 5.69 Å². The van der Waals surface area contributed by atoms with E-state index < -0.39 is 16.7 Å². The lowest BCUT2D eigenvalue weighted by molar-refractivity contribution is -0.206. The first-order valence-electron chi connectivity index (χ1n) is 13.0. The van der Waals surface area contributed by atoms with Crippen molar-refractivity contribution in [2.24, 2.45) is 11.3 Å². The number of anilines is 1. The Kier molecular flexibility index (Phi) is 3.77. The molecule has 6 aliphatic heterocycles. The summed E-state index contributed by atoms with van der Waals surface area (Å²) in [5, 5.41) is 15.2. The fourth-order valence-electron chi connectivity index (χ4n) is 9.15. The molecule has 2 N–H and O–H groups in total. The minimum absolute atomic E-state index is 0.104. The number of ether oxygens (including phenoxy) is 2. The van der Waals surface area contributed by atoms with Crippen LogP contribution in [-0.4, -0.2) is 69.8 Å². The Morgan fingerprint density at radius 2 is 1.94 bits per heavy atom. The van der Waals surface area contributed by atoms with Crippen LogP contribution in [0.2, 0.25) is 0 Å². The number of nitrogens with zero attached hydrogens (tertiary/aromatic N) is 2. The molecule has 7 heteroatoms. The van der Waals surface area contributed by atoms with Crippen molar-refractivity contribution in [2.45, 2.75) is 81.6 Å². The zero-order valence-electron chi connectivity index (χ0n) is 21.7. The number of aliphatic hydroxyl groups is 1. The first kappa shape index (κ1) is 22.0. The number of piperazine rings is 1. The van der Waals surface area contributed by atoms with Crippen molar-refractivity contribution in [3.63, 3.8) is 0 Å². The van der Waals surface area contributed by atoms with E-state index in [0.29, 0.717) is 12.8 Å². The predicted molar refractivity (Wildman–Crippen MR) is 133 cm³/mol. The fourth-order valence-corrected chi connectivity index (χ4v) is 9.15. The second-order valence-electron chi connectivity index (χ2n) is 13.3. The Morgan fingerprint density at radius 1 is 1.17 bits per heavy atom. The highest BCUT2D eigenvalue weighted by Crippen LogP contribution is 2.72. The SMILES string of the molecule is CN1C(=O)C23CC4C1(CN2CCC3(C)O)CC1(CNc2c1ccc1c2OC=CC(C)(C)O1)C4(C)C. The molecule has 4 saturated heterocycles. The average Bonchev–Trinajstić information content (AvgIpc) is 3.29. The third-order valence-electron chi connectivity index (χ3n) is 11.2. The van der Waals surface area contributed by atoms with Crippen LogP contribution in [-0.2, 0) is 10.2 Å². The van der Waals surface area contributed by atoms with Gasteiger partial charge in [0.15, 0.2) is 11.5 Å². The largest absolute Gasteiger partial charge is 0.480 e. The number of carbonyl (C=O) groups excluding carboxylic acids is 1. The highest BCUT2D eigenvalue weighted by molar-refractivity contribution is 5.92.